The fourth-order valence-electron chi connectivity index (χ4n) is 14.1. The molecule has 0 aromatic rings. The van der Waals surface area contributed by atoms with E-state index in [0.717, 1.165) is 167 Å². The van der Waals surface area contributed by atoms with Gasteiger partial charge >= 0.3 is 35.8 Å². The van der Waals surface area contributed by atoms with Gasteiger partial charge in [0.2, 0.25) is 0 Å². The number of unbranched alkanes of at least 4 members (excludes halogenated alkanes) is 60. The summed E-state index contributed by atoms with van der Waals surface area (Å²) in [6.45, 7) is 8.61. The molecule has 108 heavy (non-hydrogen) atoms. The predicted octanol–water partition coefficient (Wildman–Crippen LogP) is 29.6. The van der Waals surface area contributed by atoms with Crippen LogP contribution in [0.15, 0.2) is 36.5 Å². The summed E-state index contributed by atoms with van der Waals surface area (Å²) in [5, 5.41) is 0. The van der Waals surface area contributed by atoms with Crippen molar-refractivity contribution in [3.05, 3.63) is 36.5 Å². The standard InChI is InChI=1S/C96H176O12/c1-5-9-13-17-21-25-29-33-37-43-49-55-61-67-73-79-91(97)103-85-89(86-104-92(98)80-74-68-62-56-50-44-38-34-30-26-22-18-14-10-6-2)107-95(101)83-77-71-65-59-53-47-41-42-48-54-60-66-72-78-84-96(102)108-90(87-105-93(99)81-75-69-63-57-51-45-39-35-31-27-23-19-15-11-7-3)88-106-94(100)82-76-70-64-58-52-46-40-36-32-28-24-20-16-12-8-4/h33,35,37,39,41-42,89-90H,5-32,34,36,38,40,43-88H2,1-4H3. The van der Waals surface area contributed by atoms with Crippen molar-refractivity contribution in [2.24, 2.45) is 0 Å². The zero-order valence-corrected chi connectivity index (χ0v) is 71.7. The number of allylic oxidation sites excluding steroid dienone is 6. The van der Waals surface area contributed by atoms with Crippen LogP contribution in [0.2, 0.25) is 0 Å². The van der Waals surface area contributed by atoms with Crippen molar-refractivity contribution in [3.8, 4) is 0 Å². The van der Waals surface area contributed by atoms with Gasteiger partial charge in [-0.2, -0.15) is 0 Å². The third-order valence-corrected chi connectivity index (χ3v) is 21.2. The number of ether oxygens (including phenoxy) is 6. The maximum Gasteiger partial charge on any atom is 0.306 e. The monoisotopic (exact) mass is 1520 g/mol. The maximum absolute atomic E-state index is 13.1. The van der Waals surface area contributed by atoms with Crippen molar-refractivity contribution in [1.29, 1.82) is 0 Å². The van der Waals surface area contributed by atoms with Crippen LogP contribution in [0.1, 0.15) is 503 Å². The summed E-state index contributed by atoms with van der Waals surface area (Å²) < 4.78 is 34.0. The minimum atomic E-state index is -0.824. The van der Waals surface area contributed by atoms with Gasteiger partial charge in [-0.3, -0.25) is 28.8 Å². The van der Waals surface area contributed by atoms with Crippen molar-refractivity contribution < 1.29 is 57.2 Å². The maximum atomic E-state index is 13.1. The second kappa shape index (κ2) is 88.6. The molecule has 0 N–H and O–H groups in total. The summed E-state index contributed by atoms with van der Waals surface area (Å²) in [5.41, 5.74) is 0. The highest BCUT2D eigenvalue weighted by Gasteiger charge is 2.22. The molecule has 0 fully saturated rings. The highest BCUT2D eigenvalue weighted by molar-refractivity contribution is 5.72. The average molecular weight is 1520 g/mol. The van der Waals surface area contributed by atoms with Crippen molar-refractivity contribution in [3.63, 3.8) is 0 Å². The highest BCUT2D eigenvalue weighted by Crippen LogP contribution is 2.20. The zero-order chi connectivity index (χ0) is 78.3. The van der Waals surface area contributed by atoms with Gasteiger partial charge < -0.3 is 28.4 Å². The molecule has 0 saturated heterocycles. The molecule has 0 aromatic heterocycles. The summed E-state index contributed by atoms with van der Waals surface area (Å²) in [5.74, 6) is -1.93. The minimum Gasteiger partial charge on any atom is -0.462 e. The normalized spacial score (nSPS) is 12.2. The second-order valence-electron chi connectivity index (χ2n) is 32.1. The lowest BCUT2D eigenvalue weighted by atomic mass is 10.0. The first kappa shape index (κ1) is 104. The van der Waals surface area contributed by atoms with Gasteiger partial charge in [0.1, 0.15) is 26.4 Å². The predicted molar refractivity (Wildman–Crippen MR) is 455 cm³/mol. The van der Waals surface area contributed by atoms with Crippen molar-refractivity contribution in [1.82, 2.24) is 0 Å². The van der Waals surface area contributed by atoms with Gasteiger partial charge in [-0.25, -0.2) is 0 Å². The second-order valence-corrected chi connectivity index (χ2v) is 32.1. The molecule has 2 unspecified atom stereocenters. The van der Waals surface area contributed by atoms with Gasteiger partial charge in [0.25, 0.3) is 0 Å². The Labute approximate surface area is 667 Å². The van der Waals surface area contributed by atoms with Crippen LogP contribution in [0.3, 0.4) is 0 Å². The highest BCUT2D eigenvalue weighted by atomic mass is 16.6. The molecule has 632 valence electrons. The smallest absolute Gasteiger partial charge is 0.306 e. The first-order valence-corrected chi connectivity index (χ1v) is 47.1. The molecule has 0 heterocycles. The van der Waals surface area contributed by atoms with Crippen LogP contribution >= 0.6 is 0 Å². The third-order valence-electron chi connectivity index (χ3n) is 21.2. The van der Waals surface area contributed by atoms with E-state index in [2.05, 4.69) is 64.2 Å². The van der Waals surface area contributed by atoms with E-state index in [9.17, 15) is 28.8 Å². The van der Waals surface area contributed by atoms with E-state index < -0.39 is 12.2 Å². The van der Waals surface area contributed by atoms with E-state index >= 15 is 0 Å². The SMILES string of the molecule is CCCCCCCCC=CCCCCCCCC(=O)OCC(COC(=O)CCCCCCCCCCCCCCCCC)OC(=O)CCCCCCCC=CCCCCCCCC(=O)OC(COC(=O)CCCCCCCC=CCCCCCCCC)COC(=O)CCCCCCCCCCCCCCCCC. The van der Waals surface area contributed by atoms with E-state index in [-0.39, 0.29) is 75.1 Å². The molecule has 0 spiro atoms. The number of carbonyl (C=O) groups is 6. The molecule has 0 amide bonds. The number of hydrogen-bond donors (Lipinski definition) is 0. The summed E-state index contributed by atoms with van der Waals surface area (Å²) in [6, 6.07) is 0. The Morgan fingerprint density at radius 2 is 0.306 bits per heavy atom. The molecule has 0 saturated carbocycles. The average Bonchev–Trinajstić information content (AvgIpc) is 0.954. The number of rotatable bonds is 88. The summed E-state index contributed by atoms with van der Waals surface area (Å²) >= 11 is 0. The fourth-order valence-corrected chi connectivity index (χ4v) is 14.1. The lowest BCUT2D eigenvalue weighted by Gasteiger charge is -2.18. The third kappa shape index (κ3) is 84.5. The molecule has 0 rings (SSSR count). The lowest BCUT2D eigenvalue weighted by Crippen LogP contribution is -2.30. The summed E-state index contributed by atoms with van der Waals surface area (Å²) in [4.78, 5) is 77.4. The van der Waals surface area contributed by atoms with Crippen LogP contribution in [0.4, 0.5) is 0 Å². The summed E-state index contributed by atoms with van der Waals surface area (Å²) in [7, 11) is 0. The van der Waals surface area contributed by atoms with Crippen LogP contribution in [0.25, 0.3) is 0 Å². The quantitative estimate of drug-likeness (QED) is 0.0246. The van der Waals surface area contributed by atoms with Crippen LogP contribution < -0.4 is 0 Å². The van der Waals surface area contributed by atoms with Gasteiger partial charge in [0.05, 0.1) is 0 Å². The van der Waals surface area contributed by atoms with Crippen LogP contribution in [-0.2, 0) is 57.2 Å². The molecule has 12 heteroatoms. The molecule has 2 atom stereocenters. The Morgan fingerprint density at radius 1 is 0.176 bits per heavy atom. The topological polar surface area (TPSA) is 158 Å². The number of carbonyl (C=O) groups excluding carboxylic acids is 6. The first-order chi connectivity index (χ1) is 53.1. The van der Waals surface area contributed by atoms with Crippen molar-refractivity contribution in [2.75, 3.05) is 26.4 Å². The van der Waals surface area contributed by atoms with Gasteiger partial charge in [0, 0.05) is 38.5 Å². The Balaban J connectivity index is 4.73. The van der Waals surface area contributed by atoms with Gasteiger partial charge in [-0.15, -0.1) is 0 Å². The zero-order valence-electron chi connectivity index (χ0n) is 71.7. The van der Waals surface area contributed by atoms with Crippen LogP contribution in [-0.4, -0.2) is 74.5 Å². The molecule has 0 aliphatic rings. The van der Waals surface area contributed by atoms with Gasteiger partial charge in [-0.05, 0) is 116 Å². The molecule has 0 aromatic carbocycles. The molecule has 0 radical (unpaired) electrons. The van der Waals surface area contributed by atoms with E-state index in [1.54, 1.807) is 0 Å². The molecule has 0 aliphatic heterocycles. The van der Waals surface area contributed by atoms with Gasteiger partial charge in [0.15, 0.2) is 12.2 Å². The van der Waals surface area contributed by atoms with E-state index in [1.165, 1.54) is 257 Å². The van der Waals surface area contributed by atoms with E-state index in [1.807, 2.05) is 0 Å². The minimum absolute atomic E-state index is 0.111. The molecular weight excluding hydrogens is 1350 g/mol. The Kier molecular flexibility index (Phi) is 85.4. The Hall–Kier alpha value is -3.96. The molecule has 0 aliphatic carbocycles. The number of esters is 6. The van der Waals surface area contributed by atoms with E-state index in [4.69, 9.17) is 28.4 Å². The molecular formula is C96H176O12. The largest absolute Gasteiger partial charge is 0.462 e. The Morgan fingerprint density at radius 3 is 0.463 bits per heavy atom. The number of hydrogen-bond acceptors (Lipinski definition) is 12. The molecule has 12 nitrogen and oxygen atoms in total. The van der Waals surface area contributed by atoms with Crippen LogP contribution in [0.5, 0.6) is 0 Å². The van der Waals surface area contributed by atoms with Gasteiger partial charge in [-0.1, -0.05) is 385 Å². The molecule has 0 bridgehead atoms. The van der Waals surface area contributed by atoms with E-state index in [0.29, 0.717) is 38.5 Å². The Bertz CT molecular complexity index is 1890. The van der Waals surface area contributed by atoms with Crippen LogP contribution in [0, 0.1) is 0 Å². The summed E-state index contributed by atoms with van der Waals surface area (Å²) in [6.07, 6.45) is 94.6. The first-order valence-electron chi connectivity index (χ1n) is 47.1. The van der Waals surface area contributed by atoms with Crippen molar-refractivity contribution in [2.45, 2.75) is 515 Å². The van der Waals surface area contributed by atoms with Crippen molar-refractivity contribution >= 4 is 35.8 Å². The lowest BCUT2D eigenvalue weighted by molar-refractivity contribution is -0.167. The fraction of sp³-hybridized carbons (Fsp3) is 0.875.